The first-order chi connectivity index (χ1) is 9.88. The molecule has 0 spiro atoms. The van der Waals surface area contributed by atoms with E-state index in [9.17, 15) is 0 Å². The Morgan fingerprint density at radius 2 is 1.90 bits per heavy atom. The van der Waals surface area contributed by atoms with Gasteiger partial charge in [0.15, 0.2) is 0 Å². The zero-order chi connectivity index (χ0) is 14.0. The third-order valence-corrected chi connectivity index (χ3v) is 3.19. The highest BCUT2D eigenvalue weighted by Gasteiger charge is 2.20. The van der Waals surface area contributed by atoms with E-state index < -0.39 is 0 Å². The minimum Gasteiger partial charge on any atom is -0.491 e. The third-order valence-electron chi connectivity index (χ3n) is 3.19. The molecule has 1 aliphatic rings. The quantitative estimate of drug-likeness (QED) is 0.585. The molecule has 0 heterocycles. The van der Waals surface area contributed by atoms with Crippen LogP contribution < -0.4 is 4.74 Å². The van der Waals surface area contributed by atoms with Crippen LogP contribution >= 0.6 is 0 Å². The van der Waals surface area contributed by atoms with Crippen LogP contribution in [0.2, 0.25) is 0 Å². The molecule has 0 radical (unpaired) electrons. The SMILES string of the molecule is OCCC#Cc1ccc(OCCOCCC2CC2)cc1. The van der Waals surface area contributed by atoms with E-state index in [1.165, 1.54) is 19.3 Å². The molecule has 1 aliphatic carbocycles. The normalized spacial score (nSPS) is 13.7. The Balaban J connectivity index is 1.59. The number of hydrogen-bond acceptors (Lipinski definition) is 3. The molecule has 1 aromatic carbocycles. The molecule has 3 nitrogen and oxygen atoms in total. The van der Waals surface area contributed by atoms with Crippen LogP contribution in [0.4, 0.5) is 0 Å². The van der Waals surface area contributed by atoms with E-state index in [4.69, 9.17) is 14.6 Å². The zero-order valence-electron chi connectivity index (χ0n) is 11.8. The van der Waals surface area contributed by atoms with Gasteiger partial charge in [-0.3, -0.25) is 0 Å². The van der Waals surface area contributed by atoms with Crippen LogP contribution in [0.25, 0.3) is 0 Å². The predicted octanol–water partition coefficient (Wildman–Crippen LogP) is 2.62. The smallest absolute Gasteiger partial charge is 0.119 e. The molecule has 0 saturated heterocycles. The third kappa shape index (κ3) is 6.10. The summed E-state index contributed by atoms with van der Waals surface area (Å²) in [5, 5.41) is 8.65. The Bertz CT molecular complexity index is 438. The van der Waals surface area contributed by atoms with Crippen molar-refractivity contribution in [2.45, 2.75) is 25.7 Å². The molecule has 1 fully saturated rings. The maximum absolute atomic E-state index is 8.65. The summed E-state index contributed by atoms with van der Waals surface area (Å²) in [5.74, 6) is 7.64. The molecule has 0 aromatic heterocycles. The van der Waals surface area contributed by atoms with E-state index in [1.54, 1.807) is 0 Å². The van der Waals surface area contributed by atoms with Crippen molar-refractivity contribution in [3.8, 4) is 17.6 Å². The van der Waals surface area contributed by atoms with Crippen LogP contribution in [0.3, 0.4) is 0 Å². The van der Waals surface area contributed by atoms with Gasteiger partial charge in [-0.1, -0.05) is 24.7 Å². The number of rotatable bonds is 8. The maximum Gasteiger partial charge on any atom is 0.119 e. The van der Waals surface area contributed by atoms with Crippen LogP contribution in [-0.4, -0.2) is 31.5 Å². The van der Waals surface area contributed by atoms with Crippen LogP contribution in [0.5, 0.6) is 5.75 Å². The average Bonchev–Trinajstić information content (AvgIpc) is 3.29. The molecule has 3 heteroatoms. The molecule has 0 atom stereocenters. The Hall–Kier alpha value is -1.50. The van der Waals surface area contributed by atoms with Crippen molar-refractivity contribution >= 4 is 0 Å². The molecule has 20 heavy (non-hydrogen) atoms. The summed E-state index contributed by atoms with van der Waals surface area (Å²) in [6.07, 6.45) is 4.47. The number of aliphatic hydroxyl groups is 1. The largest absolute Gasteiger partial charge is 0.491 e. The molecule has 1 saturated carbocycles. The van der Waals surface area contributed by atoms with E-state index in [1.807, 2.05) is 24.3 Å². The second kappa shape index (κ2) is 8.63. The summed E-state index contributed by atoms with van der Waals surface area (Å²) < 4.78 is 11.1. The van der Waals surface area contributed by atoms with Gasteiger partial charge in [-0.15, -0.1) is 0 Å². The van der Waals surface area contributed by atoms with Gasteiger partial charge in [0.25, 0.3) is 0 Å². The van der Waals surface area contributed by atoms with E-state index in [0.29, 0.717) is 19.6 Å². The molecular weight excluding hydrogens is 252 g/mol. The van der Waals surface area contributed by atoms with Gasteiger partial charge in [0, 0.05) is 18.6 Å². The van der Waals surface area contributed by atoms with Crippen molar-refractivity contribution in [2.75, 3.05) is 26.4 Å². The first-order valence-corrected chi connectivity index (χ1v) is 7.29. The van der Waals surface area contributed by atoms with Crippen LogP contribution in [0.15, 0.2) is 24.3 Å². The summed E-state index contributed by atoms with van der Waals surface area (Å²) in [4.78, 5) is 0. The molecule has 2 rings (SSSR count). The summed E-state index contributed by atoms with van der Waals surface area (Å²) in [6, 6.07) is 7.67. The second-order valence-electron chi connectivity index (χ2n) is 4.99. The Labute approximate surface area is 120 Å². The number of hydrogen-bond donors (Lipinski definition) is 1. The van der Waals surface area contributed by atoms with Gasteiger partial charge >= 0.3 is 0 Å². The van der Waals surface area contributed by atoms with Gasteiger partial charge in [0.2, 0.25) is 0 Å². The number of benzene rings is 1. The molecule has 0 unspecified atom stereocenters. The van der Waals surface area contributed by atoms with Crippen LogP contribution in [0, 0.1) is 17.8 Å². The van der Waals surface area contributed by atoms with Crippen molar-refractivity contribution in [1.82, 2.24) is 0 Å². The van der Waals surface area contributed by atoms with Crippen molar-refractivity contribution in [1.29, 1.82) is 0 Å². The highest BCUT2D eigenvalue weighted by atomic mass is 16.5. The lowest BCUT2D eigenvalue weighted by Gasteiger charge is -2.07. The average molecular weight is 274 g/mol. The Morgan fingerprint density at radius 1 is 1.10 bits per heavy atom. The first kappa shape index (κ1) is 14.9. The number of aliphatic hydroxyl groups excluding tert-OH is 1. The topological polar surface area (TPSA) is 38.7 Å². The monoisotopic (exact) mass is 274 g/mol. The number of ether oxygens (including phenoxy) is 2. The highest BCUT2D eigenvalue weighted by Crippen LogP contribution is 2.31. The summed E-state index contributed by atoms with van der Waals surface area (Å²) >= 11 is 0. The zero-order valence-corrected chi connectivity index (χ0v) is 11.8. The molecule has 1 aromatic rings. The van der Waals surface area contributed by atoms with Crippen LogP contribution in [0.1, 0.15) is 31.2 Å². The fourth-order valence-corrected chi connectivity index (χ4v) is 1.83. The lowest BCUT2D eigenvalue weighted by Crippen LogP contribution is -2.07. The summed E-state index contributed by atoms with van der Waals surface area (Å²) in [7, 11) is 0. The molecule has 108 valence electrons. The van der Waals surface area contributed by atoms with Gasteiger partial charge in [-0.05, 0) is 36.6 Å². The lowest BCUT2D eigenvalue weighted by atomic mass is 10.2. The van der Waals surface area contributed by atoms with Gasteiger partial charge < -0.3 is 14.6 Å². The minimum atomic E-state index is 0.106. The van der Waals surface area contributed by atoms with Crippen molar-refractivity contribution < 1.29 is 14.6 Å². The molecular formula is C17H22O3. The van der Waals surface area contributed by atoms with E-state index in [0.717, 1.165) is 23.8 Å². The van der Waals surface area contributed by atoms with Crippen LogP contribution in [-0.2, 0) is 4.74 Å². The Morgan fingerprint density at radius 3 is 2.60 bits per heavy atom. The van der Waals surface area contributed by atoms with E-state index in [2.05, 4.69) is 11.8 Å². The highest BCUT2D eigenvalue weighted by molar-refractivity contribution is 5.38. The van der Waals surface area contributed by atoms with Crippen molar-refractivity contribution in [2.24, 2.45) is 5.92 Å². The minimum absolute atomic E-state index is 0.106. The van der Waals surface area contributed by atoms with E-state index >= 15 is 0 Å². The predicted molar refractivity (Wildman–Crippen MR) is 78.7 cm³/mol. The fraction of sp³-hybridized carbons (Fsp3) is 0.529. The first-order valence-electron chi connectivity index (χ1n) is 7.29. The van der Waals surface area contributed by atoms with Gasteiger partial charge in [-0.2, -0.15) is 0 Å². The standard InChI is InChI=1S/C17H22O3/c18-11-2-1-3-15-6-8-17(9-7-15)20-14-13-19-12-10-16-4-5-16/h6-9,16,18H,2,4-5,10-14H2. The molecule has 1 N–H and O–H groups in total. The molecule has 0 aliphatic heterocycles. The van der Waals surface area contributed by atoms with Gasteiger partial charge in [0.05, 0.1) is 13.2 Å². The fourth-order valence-electron chi connectivity index (χ4n) is 1.83. The summed E-state index contributed by atoms with van der Waals surface area (Å²) in [6.45, 7) is 2.19. The van der Waals surface area contributed by atoms with Gasteiger partial charge in [-0.25, -0.2) is 0 Å². The van der Waals surface area contributed by atoms with Crippen molar-refractivity contribution in [3.05, 3.63) is 29.8 Å². The van der Waals surface area contributed by atoms with Crippen molar-refractivity contribution in [3.63, 3.8) is 0 Å². The maximum atomic E-state index is 8.65. The Kier molecular flexibility index (Phi) is 6.43. The molecule has 0 bridgehead atoms. The summed E-state index contributed by atoms with van der Waals surface area (Å²) in [5.41, 5.74) is 0.937. The second-order valence-corrected chi connectivity index (χ2v) is 4.99. The molecule has 0 amide bonds. The van der Waals surface area contributed by atoms with E-state index in [-0.39, 0.29) is 6.61 Å². The van der Waals surface area contributed by atoms with Gasteiger partial charge in [0.1, 0.15) is 12.4 Å². The lowest BCUT2D eigenvalue weighted by molar-refractivity contribution is 0.0958.